The number of sulfonamides is 1. The monoisotopic (exact) mass is 381 g/mol. The van der Waals surface area contributed by atoms with Crippen molar-refractivity contribution in [1.82, 2.24) is 0 Å². The SMILES string of the molecule is O=[N+]([O-])c1cc(F)ccc1S(=O)(=O)Nc1ccc(N2CCOCC2)cc1. The van der Waals surface area contributed by atoms with Crippen molar-refractivity contribution in [3.63, 3.8) is 0 Å². The molecule has 0 radical (unpaired) electrons. The minimum atomic E-state index is -4.24. The van der Waals surface area contributed by atoms with Gasteiger partial charge in [-0.05, 0) is 36.4 Å². The molecule has 138 valence electrons. The summed E-state index contributed by atoms with van der Waals surface area (Å²) in [6, 6.07) is 8.96. The molecule has 8 nitrogen and oxygen atoms in total. The summed E-state index contributed by atoms with van der Waals surface area (Å²) in [5.41, 5.74) is 0.354. The zero-order chi connectivity index (χ0) is 18.7. The average molecular weight is 381 g/mol. The zero-order valence-electron chi connectivity index (χ0n) is 13.6. The molecule has 26 heavy (non-hydrogen) atoms. The molecule has 2 aromatic carbocycles. The molecule has 1 N–H and O–H groups in total. The van der Waals surface area contributed by atoms with E-state index in [2.05, 4.69) is 9.62 Å². The quantitative estimate of drug-likeness (QED) is 0.630. The van der Waals surface area contributed by atoms with Crippen molar-refractivity contribution in [1.29, 1.82) is 0 Å². The number of nitrogens with one attached hydrogen (secondary N) is 1. The van der Waals surface area contributed by atoms with Gasteiger partial charge in [-0.15, -0.1) is 0 Å². The third-order valence-corrected chi connectivity index (χ3v) is 5.33. The summed E-state index contributed by atoms with van der Waals surface area (Å²) in [5, 5.41) is 11.0. The molecule has 0 amide bonds. The van der Waals surface area contributed by atoms with Gasteiger partial charge in [-0.3, -0.25) is 14.8 Å². The Balaban J connectivity index is 1.83. The summed E-state index contributed by atoms with van der Waals surface area (Å²) >= 11 is 0. The van der Waals surface area contributed by atoms with Crippen LogP contribution in [0.5, 0.6) is 0 Å². The molecule has 0 aromatic heterocycles. The first kappa shape index (κ1) is 18.1. The normalized spacial score (nSPS) is 14.9. The average Bonchev–Trinajstić information content (AvgIpc) is 2.62. The highest BCUT2D eigenvalue weighted by molar-refractivity contribution is 7.92. The third kappa shape index (κ3) is 3.92. The van der Waals surface area contributed by atoms with Crippen molar-refractivity contribution in [3.05, 3.63) is 58.4 Å². The van der Waals surface area contributed by atoms with Gasteiger partial charge in [0.05, 0.1) is 24.2 Å². The Morgan fingerprint density at radius 1 is 1.12 bits per heavy atom. The molecule has 0 spiro atoms. The van der Waals surface area contributed by atoms with E-state index in [4.69, 9.17) is 4.74 Å². The Bertz CT molecular complexity index is 912. The highest BCUT2D eigenvalue weighted by Gasteiger charge is 2.26. The van der Waals surface area contributed by atoms with Crippen molar-refractivity contribution in [3.8, 4) is 0 Å². The molecule has 1 saturated heterocycles. The Morgan fingerprint density at radius 2 is 1.77 bits per heavy atom. The lowest BCUT2D eigenvalue weighted by Crippen LogP contribution is -2.36. The van der Waals surface area contributed by atoms with Crippen LogP contribution in [0, 0.1) is 15.9 Å². The van der Waals surface area contributed by atoms with Gasteiger partial charge in [-0.25, -0.2) is 12.8 Å². The summed E-state index contributed by atoms with van der Waals surface area (Å²) in [6.07, 6.45) is 0. The summed E-state index contributed by atoms with van der Waals surface area (Å²) < 4.78 is 45.7. The fraction of sp³-hybridized carbons (Fsp3) is 0.250. The highest BCUT2D eigenvalue weighted by atomic mass is 32.2. The van der Waals surface area contributed by atoms with E-state index < -0.39 is 31.3 Å². The van der Waals surface area contributed by atoms with Gasteiger partial charge < -0.3 is 9.64 Å². The molecule has 0 unspecified atom stereocenters. The maximum absolute atomic E-state index is 13.2. The van der Waals surface area contributed by atoms with Gasteiger partial charge in [0, 0.05) is 24.5 Å². The van der Waals surface area contributed by atoms with Crippen LogP contribution in [0.4, 0.5) is 21.5 Å². The molecular weight excluding hydrogens is 365 g/mol. The number of benzene rings is 2. The van der Waals surface area contributed by atoms with Crippen LogP contribution in [0.2, 0.25) is 0 Å². The minimum absolute atomic E-state index is 0.251. The second kappa shape index (κ2) is 7.26. The first-order valence-corrected chi connectivity index (χ1v) is 9.25. The summed E-state index contributed by atoms with van der Waals surface area (Å²) in [7, 11) is -4.24. The Hall–Kier alpha value is -2.72. The fourth-order valence-electron chi connectivity index (χ4n) is 2.63. The molecule has 2 aromatic rings. The standard InChI is InChI=1S/C16H16FN3O5S/c17-12-1-6-16(15(11-12)20(21)22)26(23,24)18-13-2-4-14(5-3-13)19-7-9-25-10-8-19/h1-6,11,18H,7-10H2. The van der Waals surface area contributed by atoms with Crippen LogP contribution in [0.15, 0.2) is 47.4 Å². The van der Waals surface area contributed by atoms with Crippen LogP contribution in [-0.4, -0.2) is 39.6 Å². The van der Waals surface area contributed by atoms with Crippen molar-refractivity contribution in [2.75, 3.05) is 35.9 Å². The van der Waals surface area contributed by atoms with Crippen molar-refractivity contribution < 1.29 is 22.5 Å². The number of halogens is 1. The number of anilines is 2. The molecule has 1 aliphatic rings. The lowest BCUT2D eigenvalue weighted by atomic mass is 10.2. The summed E-state index contributed by atoms with van der Waals surface area (Å²) in [6.45, 7) is 2.74. The predicted molar refractivity (Wildman–Crippen MR) is 93.3 cm³/mol. The van der Waals surface area contributed by atoms with Gasteiger partial charge in [0.2, 0.25) is 0 Å². The van der Waals surface area contributed by atoms with Crippen LogP contribution in [0.1, 0.15) is 0 Å². The molecule has 0 atom stereocenters. The topological polar surface area (TPSA) is 102 Å². The smallest absolute Gasteiger partial charge is 0.292 e. The number of ether oxygens (including phenoxy) is 1. The second-order valence-corrected chi connectivity index (χ2v) is 7.27. The molecule has 10 heteroatoms. The van der Waals surface area contributed by atoms with Crippen LogP contribution in [-0.2, 0) is 14.8 Å². The first-order chi connectivity index (χ1) is 12.4. The van der Waals surface area contributed by atoms with E-state index in [1.807, 2.05) is 0 Å². The number of nitro benzene ring substituents is 1. The highest BCUT2D eigenvalue weighted by Crippen LogP contribution is 2.27. The molecule has 0 saturated carbocycles. The van der Waals surface area contributed by atoms with Gasteiger partial charge in [0.25, 0.3) is 15.7 Å². The molecule has 1 fully saturated rings. The molecule has 1 heterocycles. The number of hydrogen-bond acceptors (Lipinski definition) is 6. The number of nitro groups is 1. The molecule has 1 aliphatic heterocycles. The van der Waals surface area contributed by atoms with E-state index in [0.29, 0.717) is 19.3 Å². The van der Waals surface area contributed by atoms with E-state index in [1.165, 1.54) is 0 Å². The Morgan fingerprint density at radius 3 is 2.38 bits per heavy atom. The van der Waals surface area contributed by atoms with Gasteiger partial charge >= 0.3 is 0 Å². The van der Waals surface area contributed by atoms with Crippen LogP contribution >= 0.6 is 0 Å². The van der Waals surface area contributed by atoms with Crippen LogP contribution in [0.3, 0.4) is 0 Å². The maximum atomic E-state index is 13.2. The predicted octanol–water partition coefficient (Wildman–Crippen LogP) is 2.37. The molecule has 0 aliphatic carbocycles. The van der Waals surface area contributed by atoms with Crippen molar-refractivity contribution in [2.24, 2.45) is 0 Å². The van der Waals surface area contributed by atoms with Crippen LogP contribution in [0.25, 0.3) is 0 Å². The zero-order valence-corrected chi connectivity index (χ0v) is 14.4. The van der Waals surface area contributed by atoms with Crippen molar-refractivity contribution in [2.45, 2.75) is 4.90 Å². The van der Waals surface area contributed by atoms with E-state index in [-0.39, 0.29) is 5.69 Å². The fourth-order valence-corrected chi connectivity index (χ4v) is 3.84. The van der Waals surface area contributed by atoms with Crippen molar-refractivity contribution >= 4 is 27.1 Å². The Kier molecular flexibility index (Phi) is 5.05. The van der Waals surface area contributed by atoms with E-state index in [9.17, 15) is 22.9 Å². The largest absolute Gasteiger partial charge is 0.378 e. The number of rotatable bonds is 5. The Labute approximate surface area is 149 Å². The third-order valence-electron chi connectivity index (χ3n) is 3.90. The van der Waals surface area contributed by atoms with Gasteiger partial charge in [-0.1, -0.05) is 0 Å². The van der Waals surface area contributed by atoms with E-state index in [0.717, 1.165) is 30.9 Å². The number of hydrogen-bond donors (Lipinski definition) is 1. The maximum Gasteiger partial charge on any atom is 0.292 e. The second-order valence-electron chi connectivity index (χ2n) is 5.62. The molecule has 3 rings (SSSR count). The van der Waals surface area contributed by atoms with E-state index >= 15 is 0 Å². The van der Waals surface area contributed by atoms with Gasteiger partial charge in [-0.2, -0.15) is 0 Å². The lowest BCUT2D eigenvalue weighted by molar-refractivity contribution is -0.388. The van der Waals surface area contributed by atoms with Gasteiger partial charge in [0.15, 0.2) is 4.90 Å². The summed E-state index contributed by atoms with van der Waals surface area (Å²) in [5.74, 6) is -0.884. The minimum Gasteiger partial charge on any atom is -0.378 e. The number of morpholine rings is 1. The first-order valence-electron chi connectivity index (χ1n) is 7.76. The lowest BCUT2D eigenvalue weighted by Gasteiger charge is -2.28. The molecule has 0 bridgehead atoms. The van der Waals surface area contributed by atoms with E-state index in [1.54, 1.807) is 24.3 Å². The molecular formula is C16H16FN3O5S. The van der Waals surface area contributed by atoms with Gasteiger partial charge in [0.1, 0.15) is 5.82 Å². The number of nitrogens with zero attached hydrogens (tertiary/aromatic N) is 2. The van der Waals surface area contributed by atoms with Crippen LogP contribution < -0.4 is 9.62 Å². The summed E-state index contributed by atoms with van der Waals surface area (Å²) in [4.78, 5) is 11.6.